The van der Waals surface area contributed by atoms with Crippen LogP contribution in [0.4, 0.5) is 11.4 Å². The number of hydrogen-bond donors (Lipinski definition) is 0. The summed E-state index contributed by atoms with van der Waals surface area (Å²) in [5, 5.41) is 11.3. The molecule has 1 aromatic rings. The molecule has 132 valence electrons. The number of anilines is 1. The predicted molar refractivity (Wildman–Crippen MR) is 90.0 cm³/mol. The molecule has 2 saturated heterocycles. The van der Waals surface area contributed by atoms with Gasteiger partial charge >= 0.3 is 0 Å². The van der Waals surface area contributed by atoms with E-state index < -0.39 is 14.9 Å². The number of rotatable bonds is 4. The Balaban J connectivity index is 1.74. The Labute approximate surface area is 141 Å². The summed E-state index contributed by atoms with van der Waals surface area (Å²) in [6.45, 7) is 1.80. The lowest BCUT2D eigenvalue weighted by Gasteiger charge is -2.36. The van der Waals surface area contributed by atoms with E-state index in [-0.39, 0.29) is 17.5 Å². The fourth-order valence-electron chi connectivity index (χ4n) is 3.51. The molecule has 0 aromatic heterocycles. The van der Waals surface area contributed by atoms with Crippen molar-refractivity contribution in [2.24, 2.45) is 0 Å². The van der Waals surface area contributed by atoms with E-state index in [2.05, 4.69) is 0 Å². The van der Waals surface area contributed by atoms with Gasteiger partial charge < -0.3 is 9.64 Å². The van der Waals surface area contributed by atoms with E-state index in [0.717, 1.165) is 0 Å². The second-order valence-electron chi connectivity index (χ2n) is 6.11. The lowest BCUT2D eigenvalue weighted by molar-refractivity contribution is -0.384. The zero-order chi connectivity index (χ0) is 17.3. The Hall–Kier alpha value is -1.87. The highest BCUT2D eigenvalue weighted by atomic mass is 32.2. The quantitative estimate of drug-likeness (QED) is 0.602. The van der Waals surface area contributed by atoms with Crippen molar-refractivity contribution < 1.29 is 18.1 Å². The number of sulfonamides is 1. The summed E-state index contributed by atoms with van der Waals surface area (Å²) >= 11 is 0. The zero-order valence-electron chi connectivity index (χ0n) is 13.6. The summed E-state index contributed by atoms with van der Waals surface area (Å²) in [6.07, 6.45) is 2.05. The molecule has 24 heavy (non-hydrogen) atoms. The van der Waals surface area contributed by atoms with Crippen molar-refractivity contribution >= 4 is 21.4 Å². The molecule has 0 saturated carbocycles. The van der Waals surface area contributed by atoms with Gasteiger partial charge in [-0.15, -0.1) is 0 Å². The van der Waals surface area contributed by atoms with Crippen LogP contribution in [0.5, 0.6) is 5.75 Å². The van der Waals surface area contributed by atoms with Crippen LogP contribution in [-0.4, -0.2) is 56.2 Å². The van der Waals surface area contributed by atoms with Crippen molar-refractivity contribution in [3.63, 3.8) is 0 Å². The molecule has 8 nitrogen and oxygen atoms in total. The van der Waals surface area contributed by atoms with Gasteiger partial charge in [0.05, 0.1) is 23.9 Å². The third-order valence-electron chi connectivity index (χ3n) is 4.73. The van der Waals surface area contributed by atoms with Crippen LogP contribution < -0.4 is 9.64 Å². The lowest BCUT2D eigenvalue weighted by Crippen LogP contribution is -2.45. The topological polar surface area (TPSA) is 93.0 Å². The van der Waals surface area contributed by atoms with Gasteiger partial charge in [0.15, 0.2) is 0 Å². The van der Waals surface area contributed by atoms with E-state index in [0.29, 0.717) is 50.3 Å². The SMILES string of the molecule is COc1ccc(N2CCC(N3CCCS3(=O)=O)CC2)c([N+](=O)[O-])c1. The molecule has 2 heterocycles. The fraction of sp³-hybridized carbons (Fsp3) is 0.600. The van der Waals surface area contributed by atoms with Crippen LogP contribution in [-0.2, 0) is 10.0 Å². The third-order valence-corrected chi connectivity index (χ3v) is 6.73. The molecule has 0 aliphatic carbocycles. The Morgan fingerprint density at radius 1 is 1.25 bits per heavy atom. The summed E-state index contributed by atoms with van der Waals surface area (Å²) in [6, 6.07) is 4.83. The first-order valence-electron chi connectivity index (χ1n) is 7.99. The molecule has 0 atom stereocenters. The number of benzene rings is 1. The standard InChI is InChI=1S/C15H21N3O5S/c1-23-13-3-4-14(15(11-13)18(19)20)16-8-5-12(6-9-16)17-7-2-10-24(17,21)22/h3-4,11-12H,2,5-10H2,1H3. The van der Waals surface area contributed by atoms with Gasteiger partial charge in [-0.25, -0.2) is 8.42 Å². The Morgan fingerprint density at radius 2 is 1.96 bits per heavy atom. The molecule has 2 fully saturated rings. The Kier molecular flexibility index (Phi) is 4.64. The molecule has 2 aliphatic rings. The van der Waals surface area contributed by atoms with Gasteiger partial charge in [0.2, 0.25) is 10.0 Å². The largest absolute Gasteiger partial charge is 0.496 e. The fourth-order valence-corrected chi connectivity index (χ4v) is 5.31. The first-order valence-corrected chi connectivity index (χ1v) is 9.60. The lowest BCUT2D eigenvalue weighted by atomic mass is 10.0. The van der Waals surface area contributed by atoms with Gasteiger partial charge in [-0.2, -0.15) is 4.31 Å². The number of nitrogens with zero attached hydrogens (tertiary/aromatic N) is 3. The number of nitro benzene ring substituents is 1. The van der Waals surface area contributed by atoms with Gasteiger partial charge in [0, 0.05) is 25.7 Å². The summed E-state index contributed by atoms with van der Waals surface area (Å²) in [5.74, 6) is 0.681. The van der Waals surface area contributed by atoms with Gasteiger partial charge in [0.1, 0.15) is 11.4 Å². The molecule has 1 aromatic carbocycles. The summed E-state index contributed by atoms with van der Waals surface area (Å²) in [5.41, 5.74) is 0.574. The molecular formula is C15H21N3O5S. The van der Waals surface area contributed by atoms with E-state index in [9.17, 15) is 18.5 Å². The highest BCUT2D eigenvalue weighted by Crippen LogP contribution is 2.34. The summed E-state index contributed by atoms with van der Waals surface area (Å²) in [4.78, 5) is 12.9. The van der Waals surface area contributed by atoms with Crippen LogP contribution in [0.1, 0.15) is 19.3 Å². The van der Waals surface area contributed by atoms with Gasteiger partial charge in [-0.05, 0) is 31.4 Å². The van der Waals surface area contributed by atoms with E-state index in [1.54, 1.807) is 16.4 Å². The van der Waals surface area contributed by atoms with Crippen LogP contribution >= 0.6 is 0 Å². The number of piperidine rings is 1. The van der Waals surface area contributed by atoms with E-state index >= 15 is 0 Å². The van der Waals surface area contributed by atoms with Crippen LogP contribution in [0, 0.1) is 10.1 Å². The number of ether oxygens (including phenoxy) is 1. The van der Waals surface area contributed by atoms with Crippen LogP contribution in [0.3, 0.4) is 0 Å². The summed E-state index contributed by atoms with van der Waals surface area (Å²) in [7, 11) is -1.64. The molecular weight excluding hydrogens is 334 g/mol. The predicted octanol–water partition coefficient (Wildman–Crippen LogP) is 1.61. The van der Waals surface area contributed by atoms with E-state index in [1.165, 1.54) is 13.2 Å². The zero-order valence-corrected chi connectivity index (χ0v) is 14.4. The number of hydrogen-bond acceptors (Lipinski definition) is 6. The molecule has 0 radical (unpaired) electrons. The maximum Gasteiger partial charge on any atom is 0.296 e. The minimum atomic E-state index is -3.11. The average Bonchev–Trinajstić information content (AvgIpc) is 2.93. The third kappa shape index (κ3) is 3.18. The molecule has 0 bridgehead atoms. The van der Waals surface area contributed by atoms with Gasteiger partial charge in [0.25, 0.3) is 5.69 Å². The molecule has 2 aliphatic heterocycles. The smallest absolute Gasteiger partial charge is 0.296 e. The van der Waals surface area contributed by atoms with Gasteiger partial charge in [-0.1, -0.05) is 0 Å². The van der Waals surface area contributed by atoms with Crippen molar-refractivity contribution in [2.45, 2.75) is 25.3 Å². The Morgan fingerprint density at radius 3 is 2.50 bits per heavy atom. The molecule has 0 unspecified atom stereocenters. The number of methoxy groups -OCH3 is 1. The van der Waals surface area contributed by atoms with Gasteiger partial charge in [-0.3, -0.25) is 10.1 Å². The Bertz CT molecular complexity index is 729. The van der Waals surface area contributed by atoms with Crippen LogP contribution in [0.25, 0.3) is 0 Å². The van der Waals surface area contributed by atoms with Crippen molar-refractivity contribution in [1.82, 2.24) is 4.31 Å². The average molecular weight is 355 g/mol. The second-order valence-corrected chi connectivity index (χ2v) is 8.15. The maximum absolute atomic E-state index is 12.0. The minimum absolute atomic E-state index is 0.00561. The maximum atomic E-state index is 12.0. The van der Waals surface area contributed by atoms with Crippen LogP contribution in [0.2, 0.25) is 0 Å². The van der Waals surface area contributed by atoms with E-state index in [1.807, 2.05) is 4.90 Å². The van der Waals surface area contributed by atoms with Crippen molar-refractivity contribution in [3.05, 3.63) is 28.3 Å². The van der Waals surface area contributed by atoms with E-state index in [4.69, 9.17) is 4.74 Å². The monoisotopic (exact) mass is 355 g/mol. The summed E-state index contributed by atoms with van der Waals surface area (Å²) < 4.78 is 30.7. The molecule has 0 N–H and O–H groups in total. The highest BCUT2D eigenvalue weighted by molar-refractivity contribution is 7.89. The van der Waals surface area contributed by atoms with Crippen LogP contribution in [0.15, 0.2) is 18.2 Å². The molecule has 3 rings (SSSR count). The number of nitro groups is 1. The first-order chi connectivity index (χ1) is 11.4. The first kappa shape index (κ1) is 17.0. The molecule has 9 heteroatoms. The highest BCUT2D eigenvalue weighted by Gasteiger charge is 2.36. The van der Waals surface area contributed by atoms with Crippen molar-refractivity contribution in [3.8, 4) is 5.75 Å². The molecule has 0 spiro atoms. The second kappa shape index (κ2) is 6.56. The molecule has 0 amide bonds. The normalized spacial score (nSPS) is 21.8. The minimum Gasteiger partial charge on any atom is -0.496 e. The van der Waals surface area contributed by atoms with Crippen molar-refractivity contribution in [2.75, 3.05) is 37.4 Å². The van der Waals surface area contributed by atoms with Crippen molar-refractivity contribution in [1.29, 1.82) is 0 Å².